The summed E-state index contributed by atoms with van der Waals surface area (Å²) in [5.41, 5.74) is 5.43. The molecule has 1 heterocycles. The molecule has 5 heteroatoms. The van der Waals surface area contributed by atoms with Crippen molar-refractivity contribution in [1.82, 2.24) is 9.91 Å². The van der Waals surface area contributed by atoms with E-state index in [1.54, 1.807) is 5.01 Å². The van der Waals surface area contributed by atoms with Crippen LogP contribution in [0.25, 0.3) is 0 Å². The Bertz CT molecular complexity index is 211. The molecule has 1 saturated heterocycles. The summed E-state index contributed by atoms with van der Waals surface area (Å²) in [7, 11) is 3.76. The first-order valence-electron chi connectivity index (χ1n) is 4.43. The number of nitrogens with zero attached hydrogens (tertiary/aromatic N) is 3. The van der Waals surface area contributed by atoms with Gasteiger partial charge in [-0.2, -0.15) is 5.10 Å². The van der Waals surface area contributed by atoms with Crippen molar-refractivity contribution in [2.24, 2.45) is 10.8 Å². The normalized spacial score (nSPS) is 22.6. The maximum atomic E-state index is 7.34. The Morgan fingerprint density at radius 1 is 1.69 bits per heavy atom. The molecule has 1 aliphatic rings. The third-order valence-corrected chi connectivity index (χ3v) is 2.08. The molecule has 0 bridgehead atoms. The maximum absolute atomic E-state index is 7.34. The zero-order chi connectivity index (χ0) is 9.84. The molecule has 1 rings (SSSR count). The Morgan fingerprint density at radius 3 is 2.92 bits per heavy atom. The minimum atomic E-state index is 0.146. The van der Waals surface area contributed by atoms with Crippen LogP contribution in [0, 0.1) is 5.41 Å². The van der Waals surface area contributed by atoms with Crippen LogP contribution in [-0.4, -0.2) is 48.8 Å². The monoisotopic (exact) mass is 183 g/mol. The van der Waals surface area contributed by atoms with Crippen LogP contribution < -0.4 is 5.73 Å². The molecule has 0 spiro atoms. The average molecular weight is 183 g/mol. The van der Waals surface area contributed by atoms with E-state index in [4.69, 9.17) is 11.1 Å². The number of hydrogen-bond donors (Lipinski definition) is 2. The topological polar surface area (TPSA) is 68.7 Å². The summed E-state index contributed by atoms with van der Waals surface area (Å²) < 4.78 is 0. The minimum Gasteiger partial charge on any atom is -0.370 e. The predicted octanol–water partition coefficient (Wildman–Crippen LogP) is -0.108. The first-order chi connectivity index (χ1) is 6.11. The fourth-order valence-corrected chi connectivity index (χ4v) is 1.46. The Kier molecular flexibility index (Phi) is 3.11. The van der Waals surface area contributed by atoms with E-state index in [0.29, 0.717) is 0 Å². The van der Waals surface area contributed by atoms with Crippen molar-refractivity contribution in [3.63, 3.8) is 0 Å². The van der Waals surface area contributed by atoms with Crippen LogP contribution in [0.1, 0.15) is 12.8 Å². The number of likely N-dealkylation sites (tertiary alicyclic amines) is 1. The fraction of sp³-hybridized carbons (Fsp3) is 0.750. The van der Waals surface area contributed by atoms with Gasteiger partial charge in [-0.25, -0.2) is 0 Å². The van der Waals surface area contributed by atoms with E-state index in [1.807, 2.05) is 25.2 Å². The van der Waals surface area contributed by atoms with E-state index in [0.717, 1.165) is 19.4 Å². The van der Waals surface area contributed by atoms with Gasteiger partial charge in [0.05, 0.1) is 6.04 Å². The van der Waals surface area contributed by atoms with E-state index >= 15 is 0 Å². The average Bonchev–Trinajstić information content (AvgIpc) is 2.47. The fourth-order valence-electron chi connectivity index (χ4n) is 1.46. The van der Waals surface area contributed by atoms with E-state index in [-0.39, 0.29) is 12.0 Å². The third kappa shape index (κ3) is 2.61. The van der Waals surface area contributed by atoms with Gasteiger partial charge in [0.25, 0.3) is 0 Å². The molecule has 1 atom stereocenters. The molecule has 0 aromatic heterocycles. The van der Waals surface area contributed by atoms with Crippen molar-refractivity contribution < 1.29 is 0 Å². The zero-order valence-electron chi connectivity index (χ0n) is 8.20. The van der Waals surface area contributed by atoms with Gasteiger partial charge < -0.3 is 15.6 Å². The highest BCUT2D eigenvalue weighted by atomic mass is 15.4. The Hall–Kier alpha value is -1.26. The van der Waals surface area contributed by atoms with E-state index in [1.165, 1.54) is 0 Å². The lowest BCUT2D eigenvalue weighted by molar-refractivity contribution is 0.421. The van der Waals surface area contributed by atoms with Crippen molar-refractivity contribution in [1.29, 1.82) is 5.41 Å². The molecule has 13 heavy (non-hydrogen) atoms. The summed E-state index contributed by atoms with van der Waals surface area (Å²) in [6.45, 7) is 0.874. The lowest BCUT2D eigenvalue weighted by Crippen LogP contribution is -2.40. The van der Waals surface area contributed by atoms with Crippen LogP contribution in [0.2, 0.25) is 0 Å². The van der Waals surface area contributed by atoms with Gasteiger partial charge in [-0.05, 0) is 12.8 Å². The lowest BCUT2D eigenvalue weighted by atomic mass is 10.2. The van der Waals surface area contributed by atoms with Gasteiger partial charge in [0, 0.05) is 26.9 Å². The number of nitrogens with one attached hydrogen (secondary N) is 1. The van der Waals surface area contributed by atoms with Gasteiger partial charge in [-0.1, -0.05) is 0 Å². The Balaban J connectivity index is 2.53. The van der Waals surface area contributed by atoms with Gasteiger partial charge in [-0.3, -0.25) is 5.41 Å². The van der Waals surface area contributed by atoms with Gasteiger partial charge >= 0.3 is 0 Å². The standard InChI is InChI=1S/C8H17N5/c1-12(2)11-6-7-4-3-5-13(7)8(9)10/h6-7H,3-5H2,1-2H3,(H3,9,10)/b11-6+. The van der Waals surface area contributed by atoms with Crippen molar-refractivity contribution >= 4 is 12.2 Å². The SMILES string of the molecule is CN(C)/N=C/C1CCCN1C(=N)N. The number of guanidine groups is 1. The van der Waals surface area contributed by atoms with Crippen LogP contribution in [0.15, 0.2) is 5.10 Å². The quantitative estimate of drug-likeness (QED) is 0.356. The lowest BCUT2D eigenvalue weighted by Gasteiger charge is -2.21. The maximum Gasteiger partial charge on any atom is 0.188 e. The minimum absolute atomic E-state index is 0.146. The molecular formula is C8H17N5. The van der Waals surface area contributed by atoms with Crippen LogP contribution in [0.5, 0.6) is 0 Å². The Morgan fingerprint density at radius 2 is 2.38 bits per heavy atom. The highest BCUT2D eigenvalue weighted by molar-refractivity contribution is 5.80. The molecule has 1 aliphatic heterocycles. The molecule has 0 aromatic carbocycles. The van der Waals surface area contributed by atoms with Gasteiger partial charge in [-0.15, -0.1) is 0 Å². The van der Waals surface area contributed by atoms with Crippen molar-refractivity contribution in [3.8, 4) is 0 Å². The van der Waals surface area contributed by atoms with Gasteiger partial charge in [0.2, 0.25) is 0 Å². The second-order valence-corrected chi connectivity index (χ2v) is 3.40. The van der Waals surface area contributed by atoms with Crippen molar-refractivity contribution in [2.45, 2.75) is 18.9 Å². The number of nitrogens with two attached hydrogens (primary N) is 1. The molecule has 1 unspecified atom stereocenters. The Labute approximate surface area is 78.7 Å². The molecule has 5 nitrogen and oxygen atoms in total. The summed E-state index contributed by atoms with van der Waals surface area (Å²) in [4.78, 5) is 1.87. The summed E-state index contributed by atoms with van der Waals surface area (Å²) in [6.07, 6.45) is 3.98. The van der Waals surface area contributed by atoms with E-state index in [2.05, 4.69) is 5.10 Å². The highest BCUT2D eigenvalue weighted by Gasteiger charge is 2.23. The van der Waals surface area contributed by atoms with Crippen LogP contribution >= 0.6 is 0 Å². The molecule has 0 radical (unpaired) electrons. The second-order valence-electron chi connectivity index (χ2n) is 3.40. The molecule has 0 saturated carbocycles. The van der Waals surface area contributed by atoms with Crippen LogP contribution in [0.4, 0.5) is 0 Å². The molecule has 0 aliphatic carbocycles. The number of rotatable bonds is 2. The molecule has 3 N–H and O–H groups in total. The van der Waals surface area contributed by atoms with E-state index in [9.17, 15) is 0 Å². The van der Waals surface area contributed by atoms with Crippen LogP contribution in [-0.2, 0) is 0 Å². The molecule has 0 amide bonds. The number of hydrazone groups is 1. The first-order valence-corrected chi connectivity index (χ1v) is 4.43. The van der Waals surface area contributed by atoms with Crippen molar-refractivity contribution in [2.75, 3.05) is 20.6 Å². The molecule has 1 fully saturated rings. The van der Waals surface area contributed by atoms with Gasteiger partial charge in [0.1, 0.15) is 0 Å². The molecule has 74 valence electrons. The van der Waals surface area contributed by atoms with E-state index < -0.39 is 0 Å². The summed E-state index contributed by atoms with van der Waals surface area (Å²) in [6, 6.07) is 0.208. The highest BCUT2D eigenvalue weighted by Crippen LogP contribution is 2.14. The summed E-state index contributed by atoms with van der Waals surface area (Å²) >= 11 is 0. The second kappa shape index (κ2) is 4.11. The third-order valence-electron chi connectivity index (χ3n) is 2.08. The van der Waals surface area contributed by atoms with Gasteiger partial charge in [0.15, 0.2) is 5.96 Å². The van der Waals surface area contributed by atoms with Crippen LogP contribution in [0.3, 0.4) is 0 Å². The first kappa shape index (κ1) is 9.83. The summed E-state index contributed by atoms with van der Waals surface area (Å²) in [5.74, 6) is 0.146. The zero-order valence-corrected chi connectivity index (χ0v) is 8.20. The molecule has 0 aromatic rings. The number of hydrogen-bond acceptors (Lipinski definition) is 3. The smallest absolute Gasteiger partial charge is 0.188 e. The predicted molar refractivity (Wildman–Crippen MR) is 53.8 cm³/mol. The molecular weight excluding hydrogens is 166 g/mol. The van der Waals surface area contributed by atoms with Crippen molar-refractivity contribution in [3.05, 3.63) is 0 Å². The summed E-state index contributed by atoms with van der Waals surface area (Å²) in [5, 5.41) is 13.2. The largest absolute Gasteiger partial charge is 0.370 e.